The first kappa shape index (κ1) is 11.4. The summed E-state index contributed by atoms with van der Waals surface area (Å²) < 4.78 is 26.7. The van der Waals surface area contributed by atoms with Gasteiger partial charge in [0.1, 0.15) is 0 Å². The smallest absolute Gasteiger partial charge is 0.248 e. The average Bonchev–Trinajstić information content (AvgIpc) is 2.30. The minimum absolute atomic E-state index is 0.572. The van der Waals surface area contributed by atoms with Gasteiger partial charge in [0.05, 0.1) is 5.41 Å². The lowest BCUT2D eigenvalue weighted by atomic mass is 9.69. The topological polar surface area (TPSA) is 26.0 Å². The third-order valence-electron chi connectivity index (χ3n) is 3.63. The molecule has 1 aliphatic rings. The fraction of sp³-hybridized carbons (Fsp3) is 0.538. The van der Waals surface area contributed by atoms with Gasteiger partial charge in [-0.1, -0.05) is 31.4 Å². The Kier molecular flexibility index (Phi) is 3.13. The van der Waals surface area contributed by atoms with Crippen LogP contribution in [0.15, 0.2) is 24.3 Å². The van der Waals surface area contributed by atoms with E-state index in [0.29, 0.717) is 24.1 Å². The van der Waals surface area contributed by atoms with E-state index >= 15 is 0 Å². The van der Waals surface area contributed by atoms with Crippen molar-refractivity contribution >= 4 is 5.69 Å². The van der Waals surface area contributed by atoms with Gasteiger partial charge in [-0.3, -0.25) is 0 Å². The number of rotatable bonds is 2. The van der Waals surface area contributed by atoms with Gasteiger partial charge < -0.3 is 5.73 Å². The summed E-state index contributed by atoms with van der Waals surface area (Å²) in [6.07, 6.45) is 1.70. The number of anilines is 1. The Morgan fingerprint density at radius 3 is 2.38 bits per heavy atom. The quantitative estimate of drug-likeness (QED) is 0.762. The Hall–Kier alpha value is -1.12. The standard InChI is InChI=1S/C13H17F2N/c14-12(15)13(7-2-1-3-8-13)10-5-4-6-11(16)9-10/h4-6,9,12H,1-3,7-8,16H2. The molecule has 88 valence electrons. The molecule has 0 saturated heterocycles. The Balaban J connectivity index is 2.38. The molecule has 1 aromatic rings. The summed E-state index contributed by atoms with van der Waals surface area (Å²) in [5.74, 6) is 0. The van der Waals surface area contributed by atoms with Crippen LogP contribution in [0.5, 0.6) is 0 Å². The van der Waals surface area contributed by atoms with Crippen LogP contribution < -0.4 is 5.73 Å². The van der Waals surface area contributed by atoms with E-state index in [4.69, 9.17) is 5.73 Å². The van der Waals surface area contributed by atoms with E-state index in [1.165, 1.54) is 0 Å². The van der Waals surface area contributed by atoms with Crippen molar-refractivity contribution in [2.75, 3.05) is 5.73 Å². The van der Waals surface area contributed by atoms with Crippen LogP contribution >= 0.6 is 0 Å². The molecule has 1 fully saturated rings. The Morgan fingerprint density at radius 1 is 1.12 bits per heavy atom. The molecule has 16 heavy (non-hydrogen) atoms. The van der Waals surface area contributed by atoms with E-state index in [1.54, 1.807) is 24.3 Å². The third-order valence-corrected chi connectivity index (χ3v) is 3.63. The summed E-state index contributed by atoms with van der Waals surface area (Å²) in [5, 5.41) is 0. The van der Waals surface area contributed by atoms with Gasteiger partial charge in [0, 0.05) is 5.69 Å². The molecule has 1 aliphatic carbocycles. The van der Waals surface area contributed by atoms with Gasteiger partial charge in [-0.15, -0.1) is 0 Å². The van der Waals surface area contributed by atoms with E-state index in [2.05, 4.69) is 0 Å². The number of nitrogen functional groups attached to an aromatic ring is 1. The van der Waals surface area contributed by atoms with Crippen LogP contribution in [0.4, 0.5) is 14.5 Å². The van der Waals surface area contributed by atoms with Crippen molar-refractivity contribution in [2.45, 2.75) is 43.9 Å². The molecular weight excluding hydrogens is 208 g/mol. The zero-order valence-corrected chi connectivity index (χ0v) is 9.26. The van der Waals surface area contributed by atoms with E-state index in [9.17, 15) is 8.78 Å². The van der Waals surface area contributed by atoms with Crippen LogP contribution in [0, 0.1) is 0 Å². The molecule has 0 amide bonds. The second-order valence-electron chi connectivity index (χ2n) is 4.64. The SMILES string of the molecule is Nc1cccc(C2(C(F)F)CCCCC2)c1. The van der Waals surface area contributed by atoms with E-state index in [0.717, 1.165) is 19.3 Å². The highest BCUT2D eigenvalue weighted by Gasteiger charge is 2.42. The zero-order chi connectivity index (χ0) is 11.6. The average molecular weight is 225 g/mol. The predicted molar refractivity (Wildman–Crippen MR) is 61.6 cm³/mol. The zero-order valence-electron chi connectivity index (χ0n) is 9.26. The van der Waals surface area contributed by atoms with Crippen LogP contribution in [-0.2, 0) is 5.41 Å². The molecule has 3 heteroatoms. The first-order valence-corrected chi connectivity index (χ1v) is 5.79. The van der Waals surface area contributed by atoms with Gasteiger partial charge in [0.25, 0.3) is 0 Å². The molecule has 0 heterocycles. The molecule has 0 aliphatic heterocycles. The van der Waals surface area contributed by atoms with E-state index in [-0.39, 0.29) is 0 Å². The molecule has 0 spiro atoms. The van der Waals surface area contributed by atoms with Crippen LogP contribution in [0.25, 0.3) is 0 Å². The minimum atomic E-state index is -2.30. The summed E-state index contributed by atoms with van der Waals surface area (Å²) in [5.41, 5.74) is 6.01. The molecule has 0 aromatic heterocycles. The Labute approximate surface area is 94.7 Å². The Morgan fingerprint density at radius 2 is 1.81 bits per heavy atom. The van der Waals surface area contributed by atoms with Gasteiger partial charge in [0.2, 0.25) is 6.43 Å². The number of hydrogen-bond donors (Lipinski definition) is 1. The van der Waals surface area contributed by atoms with Crippen molar-refractivity contribution in [3.05, 3.63) is 29.8 Å². The summed E-state index contributed by atoms with van der Waals surface area (Å²) in [4.78, 5) is 0. The molecule has 0 radical (unpaired) electrons. The second-order valence-corrected chi connectivity index (χ2v) is 4.64. The van der Waals surface area contributed by atoms with Crippen molar-refractivity contribution in [1.82, 2.24) is 0 Å². The molecule has 0 atom stereocenters. The van der Waals surface area contributed by atoms with Crippen LogP contribution in [0.2, 0.25) is 0 Å². The summed E-state index contributed by atoms with van der Waals surface area (Å²) in [6.45, 7) is 0. The molecule has 2 N–H and O–H groups in total. The molecule has 1 saturated carbocycles. The number of alkyl halides is 2. The van der Waals surface area contributed by atoms with Gasteiger partial charge in [-0.25, -0.2) is 8.78 Å². The summed E-state index contributed by atoms with van der Waals surface area (Å²) in [6, 6.07) is 7.00. The normalized spacial score (nSPS) is 19.9. The monoisotopic (exact) mass is 225 g/mol. The van der Waals surface area contributed by atoms with E-state index < -0.39 is 11.8 Å². The number of hydrogen-bond acceptors (Lipinski definition) is 1. The van der Waals surface area contributed by atoms with Crippen molar-refractivity contribution in [3.63, 3.8) is 0 Å². The van der Waals surface area contributed by atoms with Crippen molar-refractivity contribution in [2.24, 2.45) is 0 Å². The molecule has 0 bridgehead atoms. The molecule has 2 rings (SSSR count). The lowest BCUT2D eigenvalue weighted by Gasteiger charge is -2.37. The number of nitrogens with two attached hydrogens (primary N) is 1. The fourth-order valence-electron chi connectivity index (χ4n) is 2.66. The molecule has 1 nitrogen and oxygen atoms in total. The highest BCUT2D eigenvalue weighted by Crippen LogP contribution is 2.44. The van der Waals surface area contributed by atoms with Crippen LogP contribution in [0.3, 0.4) is 0 Å². The third kappa shape index (κ3) is 1.91. The lowest BCUT2D eigenvalue weighted by molar-refractivity contribution is 0.0255. The first-order chi connectivity index (χ1) is 7.65. The van der Waals surface area contributed by atoms with Crippen molar-refractivity contribution in [1.29, 1.82) is 0 Å². The largest absolute Gasteiger partial charge is 0.399 e. The maximum Gasteiger partial charge on any atom is 0.248 e. The van der Waals surface area contributed by atoms with Gasteiger partial charge in [-0.05, 0) is 30.5 Å². The van der Waals surface area contributed by atoms with Crippen LogP contribution in [0.1, 0.15) is 37.7 Å². The predicted octanol–water partition coefficient (Wildman–Crippen LogP) is 3.74. The van der Waals surface area contributed by atoms with Gasteiger partial charge in [-0.2, -0.15) is 0 Å². The summed E-state index contributed by atoms with van der Waals surface area (Å²) >= 11 is 0. The maximum absolute atomic E-state index is 13.4. The van der Waals surface area contributed by atoms with Crippen molar-refractivity contribution < 1.29 is 8.78 Å². The fourth-order valence-corrected chi connectivity index (χ4v) is 2.66. The van der Waals surface area contributed by atoms with Crippen molar-refractivity contribution in [3.8, 4) is 0 Å². The lowest BCUT2D eigenvalue weighted by Crippen LogP contribution is -2.36. The maximum atomic E-state index is 13.4. The summed E-state index contributed by atoms with van der Waals surface area (Å²) in [7, 11) is 0. The van der Waals surface area contributed by atoms with Gasteiger partial charge >= 0.3 is 0 Å². The highest BCUT2D eigenvalue weighted by atomic mass is 19.3. The Bertz CT molecular complexity index is 357. The number of halogens is 2. The second kappa shape index (κ2) is 4.40. The molecule has 0 unspecified atom stereocenters. The minimum Gasteiger partial charge on any atom is -0.399 e. The molecule has 1 aromatic carbocycles. The van der Waals surface area contributed by atoms with Gasteiger partial charge in [0.15, 0.2) is 0 Å². The van der Waals surface area contributed by atoms with Crippen LogP contribution in [-0.4, -0.2) is 6.43 Å². The highest BCUT2D eigenvalue weighted by molar-refractivity contribution is 5.44. The van der Waals surface area contributed by atoms with E-state index in [1.807, 2.05) is 0 Å². The number of benzene rings is 1. The first-order valence-electron chi connectivity index (χ1n) is 5.79. The molecular formula is C13H17F2N.